The number of methoxy groups -OCH3 is 1. The van der Waals surface area contributed by atoms with Gasteiger partial charge < -0.3 is 9.84 Å². The highest BCUT2D eigenvalue weighted by Gasteiger charge is 2.04. The van der Waals surface area contributed by atoms with Crippen molar-refractivity contribution < 1.29 is 14.6 Å². The minimum Gasteiger partial charge on any atom is -0.504 e. The molecule has 0 spiro atoms. The van der Waals surface area contributed by atoms with Gasteiger partial charge in [-0.2, -0.15) is 0 Å². The summed E-state index contributed by atoms with van der Waals surface area (Å²) in [7, 11) is 1.48. The third-order valence-corrected chi connectivity index (χ3v) is 3.36. The molecule has 1 N–H and O–H groups in total. The van der Waals surface area contributed by atoms with Gasteiger partial charge in [0.05, 0.1) is 7.11 Å². The Labute approximate surface area is 128 Å². The maximum Gasteiger partial charge on any atom is 0.160 e. The Morgan fingerprint density at radius 3 is 2.71 bits per heavy atom. The number of carbonyl (C=O) groups is 1. The summed E-state index contributed by atoms with van der Waals surface area (Å²) in [4.78, 5) is 11.9. The third-order valence-electron chi connectivity index (χ3n) is 2.99. The third kappa shape index (κ3) is 4.10. The Morgan fingerprint density at radius 2 is 2.05 bits per heavy atom. The van der Waals surface area contributed by atoms with E-state index in [1.54, 1.807) is 24.3 Å². The molecule has 0 aliphatic heterocycles. The molecule has 0 heterocycles. The minimum atomic E-state index is -0.0570. The normalized spacial score (nSPS) is 10.8. The van der Waals surface area contributed by atoms with Gasteiger partial charge in [-0.15, -0.1) is 0 Å². The molecule has 0 aliphatic rings. The molecule has 2 aromatic rings. The van der Waals surface area contributed by atoms with Crippen LogP contribution >= 0.6 is 11.6 Å². The number of carbonyl (C=O) groups excluding carboxylic acids is 1. The summed E-state index contributed by atoms with van der Waals surface area (Å²) in [5, 5.41) is 10.3. The van der Waals surface area contributed by atoms with Gasteiger partial charge in [0, 0.05) is 11.4 Å². The first-order valence-corrected chi connectivity index (χ1v) is 6.79. The van der Waals surface area contributed by atoms with Crippen LogP contribution in [0.5, 0.6) is 11.5 Å². The summed E-state index contributed by atoms with van der Waals surface area (Å²) in [6.07, 6.45) is 3.38. The van der Waals surface area contributed by atoms with Crippen molar-refractivity contribution in [3.63, 3.8) is 0 Å². The Bertz CT molecular complexity index is 677. The van der Waals surface area contributed by atoms with Gasteiger partial charge in [0.2, 0.25) is 0 Å². The molecule has 2 rings (SSSR count). The van der Waals surface area contributed by atoms with E-state index in [1.165, 1.54) is 19.3 Å². The molecule has 0 saturated carbocycles. The number of aromatic hydroxyl groups is 1. The van der Waals surface area contributed by atoms with Crippen LogP contribution in [0.4, 0.5) is 0 Å². The van der Waals surface area contributed by atoms with Crippen LogP contribution in [-0.2, 0) is 11.2 Å². The standard InChI is InChI=1S/C17H15ClO3/c1-21-17-9-7-12(10-16(17)20)6-8-14(19)11-13-4-2-3-5-15(13)18/h2-10,20H,11H2,1H3/b8-6+. The van der Waals surface area contributed by atoms with E-state index in [0.29, 0.717) is 10.8 Å². The van der Waals surface area contributed by atoms with E-state index in [0.717, 1.165) is 11.1 Å². The van der Waals surface area contributed by atoms with Crippen molar-refractivity contribution >= 4 is 23.5 Å². The van der Waals surface area contributed by atoms with Crippen molar-refractivity contribution in [1.82, 2.24) is 0 Å². The van der Waals surface area contributed by atoms with Crippen LogP contribution in [0.3, 0.4) is 0 Å². The fourth-order valence-electron chi connectivity index (χ4n) is 1.89. The number of allylic oxidation sites excluding steroid dienone is 1. The van der Waals surface area contributed by atoms with Gasteiger partial charge in [0.15, 0.2) is 17.3 Å². The molecule has 0 aromatic heterocycles. The van der Waals surface area contributed by atoms with Crippen molar-refractivity contribution in [3.8, 4) is 11.5 Å². The van der Waals surface area contributed by atoms with Crippen LogP contribution in [-0.4, -0.2) is 18.0 Å². The highest BCUT2D eigenvalue weighted by atomic mass is 35.5. The first-order valence-electron chi connectivity index (χ1n) is 6.41. The van der Waals surface area contributed by atoms with Crippen molar-refractivity contribution in [1.29, 1.82) is 0 Å². The summed E-state index contributed by atoms with van der Waals surface area (Å²) in [6, 6.07) is 12.2. The van der Waals surface area contributed by atoms with E-state index in [-0.39, 0.29) is 18.0 Å². The predicted molar refractivity (Wildman–Crippen MR) is 83.9 cm³/mol. The van der Waals surface area contributed by atoms with Crippen molar-refractivity contribution in [3.05, 3.63) is 64.7 Å². The van der Waals surface area contributed by atoms with Gasteiger partial charge in [0.25, 0.3) is 0 Å². The summed E-state index contributed by atoms with van der Waals surface area (Å²) in [5.41, 5.74) is 1.52. The van der Waals surface area contributed by atoms with E-state index in [2.05, 4.69) is 0 Å². The first kappa shape index (κ1) is 15.1. The number of hydrogen-bond donors (Lipinski definition) is 1. The molecule has 4 heteroatoms. The Balaban J connectivity index is 2.05. The number of hydrogen-bond acceptors (Lipinski definition) is 3. The summed E-state index contributed by atoms with van der Waals surface area (Å²) >= 11 is 6.02. The molecule has 0 radical (unpaired) electrons. The highest BCUT2D eigenvalue weighted by Crippen LogP contribution is 2.26. The molecule has 0 saturated heterocycles. The molecular weight excluding hydrogens is 288 g/mol. The maximum atomic E-state index is 11.9. The van der Waals surface area contributed by atoms with Crippen LogP contribution in [0.15, 0.2) is 48.5 Å². The van der Waals surface area contributed by atoms with Crippen LogP contribution < -0.4 is 4.74 Å². The van der Waals surface area contributed by atoms with Gasteiger partial charge in [-0.25, -0.2) is 0 Å². The zero-order chi connectivity index (χ0) is 15.2. The van der Waals surface area contributed by atoms with Gasteiger partial charge >= 0.3 is 0 Å². The minimum absolute atomic E-state index is 0.0400. The summed E-state index contributed by atoms with van der Waals surface area (Å²) < 4.78 is 4.96. The second-order valence-electron chi connectivity index (χ2n) is 4.50. The van der Waals surface area contributed by atoms with E-state index < -0.39 is 0 Å². The summed E-state index contributed by atoms with van der Waals surface area (Å²) in [5.74, 6) is 0.381. The molecule has 0 fully saturated rings. The molecule has 108 valence electrons. The average Bonchev–Trinajstić information content (AvgIpc) is 2.48. The molecule has 0 atom stereocenters. The number of phenolic OH excluding ortho intramolecular Hbond substituents is 1. The number of ether oxygens (including phenoxy) is 1. The Hall–Kier alpha value is -2.26. The van der Waals surface area contributed by atoms with E-state index in [4.69, 9.17) is 16.3 Å². The SMILES string of the molecule is COc1ccc(/C=C/C(=O)Cc2ccccc2Cl)cc1O. The Morgan fingerprint density at radius 1 is 1.29 bits per heavy atom. The average molecular weight is 303 g/mol. The number of ketones is 1. The van der Waals surface area contributed by atoms with Gasteiger partial charge in [0.1, 0.15) is 0 Å². The molecule has 2 aromatic carbocycles. The Kier molecular flexibility index (Phi) is 5.01. The number of benzene rings is 2. The molecule has 0 unspecified atom stereocenters. The monoisotopic (exact) mass is 302 g/mol. The van der Waals surface area contributed by atoms with E-state index in [9.17, 15) is 9.90 Å². The second-order valence-corrected chi connectivity index (χ2v) is 4.91. The second kappa shape index (κ2) is 6.95. The molecule has 21 heavy (non-hydrogen) atoms. The molecule has 3 nitrogen and oxygen atoms in total. The van der Waals surface area contributed by atoms with Crippen molar-refractivity contribution in [2.45, 2.75) is 6.42 Å². The number of phenols is 1. The molecule has 0 amide bonds. The first-order chi connectivity index (χ1) is 10.1. The molecule has 0 aliphatic carbocycles. The molecular formula is C17H15ClO3. The fraction of sp³-hybridized carbons (Fsp3) is 0.118. The van der Waals surface area contributed by atoms with Crippen LogP contribution in [0, 0.1) is 0 Å². The van der Waals surface area contributed by atoms with Gasteiger partial charge in [-0.1, -0.05) is 41.9 Å². The largest absolute Gasteiger partial charge is 0.504 e. The van der Waals surface area contributed by atoms with Crippen molar-refractivity contribution in [2.24, 2.45) is 0 Å². The lowest BCUT2D eigenvalue weighted by molar-refractivity contribution is -0.113. The zero-order valence-corrected chi connectivity index (χ0v) is 12.3. The van der Waals surface area contributed by atoms with Crippen molar-refractivity contribution in [2.75, 3.05) is 7.11 Å². The highest BCUT2D eigenvalue weighted by molar-refractivity contribution is 6.31. The van der Waals surface area contributed by atoms with E-state index >= 15 is 0 Å². The van der Waals surface area contributed by atoms with Gasteiger partial charge in [-0.3, -0.25) is 4.79 Å². The lowest BCUT2D eigenvalue weighted by atomic mass is 10.1. The van der Waals surface area contributed by atoms with E-state index in [1.807, 2.05) is 18.2 Å². The lowest BCUT2D eigenvalue weighted by Gasteiger charge is -2.03. The smallest absolute Gasteiger partial charge is 0.160 e. The van der Waals surface area contributed by atoms with Gasteiger partial charge in [-0.05, 0) is 35.4 Å². The molecule has 0 bridgehead atoms. The summed E-state index contributed by atoms with van der Waals surface area (Å²) in [6.45, 7) is 0. The predicted octanol–water partition coefficient (Wildman–Crippen LogP) is 3.88. The van der Waals surface area contributed by atoms with Crippen LogP contribution in [0.25, 0.3) is 6.08 Å². The fourth-order valence-corrected chi connectivity index (χ4v) is 2.09. The lowest BCUT2D eigenvalue weighted by Crippen LogP contribution is -1.98. The van der Waals surface area contributed by atoms with Crippen LogP contribution in [0.1, 0.15) is 11.1 Å². The quantitative estimate of drug-likeness (QED) is 0.853. The maximum absolute atomic E-state index is 11.9. The zero-order valence-electron chi connectivity index (χ0n) is 11.5. The number of halogens is 1. The van der Waals surface area contributed by atoms with Crippen LogP contribution in [0.2, 0.25) is 5.02 Å². The topological polar surface area (TPSA) is 46.5 Å². The number of rotatable bonds is 5.